The summed E-state index contributed by atoms with van der Waals surface area (Å²) in [4.78, 5) is 0. The summed E-state index contributed by atoms with van der Waals surface area (Å²) in [5, 5.41) is 0.641. The van der Waals surface area contributed by atoms with Crippen molar-refractivity contribution in [2.24, 2.45) is 5.92 Å². The zero-order valence-electron chi connectivity index (χ0n) is 5.55. The van der Waals surface area contributed by atoms with Crippen LogP contribution in [0.25, 0.3) is 0 Å². The summed E-state index contributed by atoms with van der Waals surface area (Å²) in [5.74, 6) is 1.96. The third kappa shape index (κ3) is 1.39. The van der Waals surface area contributed by atoms with Gasteiger partial charge >= 0.3 is 0 Å². The lowest BCUT2D eigenvalue weighted by Gasteiger charge is -2.07. The molecule has 0 saturated carbocycles. The van der Waals surface area contributed by atoms with Gasteiger partial charge in [-0.2, -0.15) is 11.8 Å². The van der Waals surface area contributed by atoms with E-state index in [-0.39, 0.29) is 0 Å². The van der Waals surface area contributed by atoms with Crippen LogP contribution in [0, 0.1) is 5.92 Å². The molecule has 0 aromatic rings. The average molecular weight is 140 g/mol. The molecule has 0 radical (unpaired) electrons. The van der Waals surface area contributed by atoms with Crippen LogP contribution in [0.1, 0.15) is 6.42 Å². The van der Waals surface area contributed by atoms with E-state index in [0.717, 1.165) is 0 Å². The van der Waals surface area contributed by atoms with Gasteiger partial charge in [0.1, 0.15) is 0 Å². The van der Waals surface area contributed by atoms with E-state index in [1.54, 1.807) is 0 Å². The third-order valence-electron chi connectivity index (χ3n) is 1.72. The third-order valence-corrected chi connectivity index (χ3v) is 3.12. The van der Waals surface area contributed by atoms with Crippen LogP contribution in [-0.4, -0.2) is 11.0 Å². The van der Waals surface area contributed by atoms with Crippen LogP contribution in [0.3, 0.4) is 0 Å². The molecule has 2 atom stereocenters. The molecule has 0 aromatic heterocycles. The molecule has 1 rings (SSSR count). The second-order valence-electron chi connectivity index (χ2n) is 2.26. The molecule has 0 nitrogen and oxygen atoms in total. The van der Waals surface area contributed by atoms with Gasteiger partial charge in [0.05, 0.1) is 0 Å². The lowest BCUT2D eigenvalue weighted by atomic mass is 10.0. The largest absolute Gasteiger partial charge is 0.154 e. The van der Waals surface area contributed by atoms with E-state index < -0.39 is 0 Å². The fourth-order valence-corrected chi connectivity index (χ4v) is 2.43. The second-order valence-corrected chi connectivity index (χ2v) is 3.55. The van der Waals surface area contributed by atoms with Gasteiger partial charge < -0.3 is 0 Å². The van der Waals surface area contributed by atoms with Crippen molar-refractivity contribution >= 4 is 11.8 Å². The predicted octanol–water partition coefficient (Wildman–Crippen LogP) is 2.48. The van der Waals surface area contributed by atoms with Crippen LogP contribution in [-0.2, 0) is 0 Å². The van der Waals surface area contributed by atoms with Gasteiger partial charge in [0.25, 0.3) is 0 Å². The Hall–Kier alpha value is -0.170. The lowest BCUT2D eigenvalue weighted by Crippen LogP contribution is -2.03. The zero-order valence-corrected chi connectivity index (χ0v) is 6.36. The van der Waals surface area contributed by atoms with Crippen LogP contribution in [0.5, 0.6) is 0 Å². The first-order chi connectivity index (χ1) is 4.38. The maximum absolute atomic E-state index is 3.78. The summed E-state index contributed by atoms with van der Waals surface area (Å²) < 4.78 is 0. The number of hydrogen-bond donors (Lipinski definition) is 0. The maximum atomic E-state index is 3.78. The Balaban J connectivity index is 2.50. The quantitative estimate of drug-likeness (QED) is 0.531. The topological polar surface area (TPSA) is 0 Å². The molecular weight excluding hydrogens is 128 g/mol. The Morgan fingerprint density at radius 1 is 1.33 bits per heavy atom. The second kappa shape index (κ2) is 3.11. The van der Waals surface area contributed by atoms with Crippen molar-refractivity contribution in [2.75, 3.05) is 5.75 Å². The fraction of sp³-hybridized carbons (Fsp3) is 0.500. The van der Waals surface area contributed by atoms with Crippen molar-refractivity contribution in [1.29, 1.82) is 0 Å². The van der Waals surface area contributed by atoms with Crippen molar-refractivity contribution in [2.45, 2.75) is 11.7 Å². The molecule has 0 bridgehead atoms. The van der Waals surface area contributed by atoms with Crippen LogP contribution < -0.4 is 0 Å². The number of hydrogen-bond acceptors (Lipinski definition) is 1. The molecule has 2 unspecified atom stereocenters. The van der Waals surface area contributed by atoms with E-state index in [9.17, 15) is 0 Å². The summed E-state index contributed by atoms with van der Waals surface area (Å²) in [5.41, 5.74) is 0. The van der Waals surface area contributed by atoms with Gasteiger partial charge in [-0.05, 0) is 18.1 Å². The molecule has 9 heavy (non-hydrogen) atoms. The van der Waals surface area contributed by atoms with Gasteiger partial charge in [0.15, 0.2) is 0 Å². The standard InChI is InChI=1S/C8H12S/c1-3-7-5-6-9-8(7)4-2/h3-4,7-8H,1-2,5-6H2. The molecule has 1 fully saturated rings. The smallest absolute Gasteiger partial charge is 0.0287 e. The van der Waals surface area contributed by atoms with E-state index in [1.807, 2.05) is 23.9 Å². The number of allylic oxidation sites excluding steroid dienone is 1. The average Bonchev–Trinajstić information content (AvgIpc) is 2.33. The summed E-state index contributed by atoms with van der Waals surface area (Å²) in [6, 6.07) is 0. The van der Waals surface area contributed by atoms with Gasteiger partial charge in [0, 0.05) is 5.25 Å². The van der Waals surface area contributed by atoms with Gasteiger partial charge in [-0.15, -0.1) is 13.2 Å². The first-order valence-electron chi connectivity index (χ1n) is 3.25. The lowest BCUT2D eigenvalue weighted by molar-refractivity contribution is 0.691. The van der Waals surface area contributed by atoms with Gasteiger partial charge in [-0.25, -0.2) is 0 Å². The molecule has 1 saturated heterocycles. The summed E-state index contributed by atoms with van der Waals surface area (Å²) >= 11 is 1.99. The van der Waals surface area contributed by atoms with E-state index in [0.29, 0.717) is 11.2 Å². The molecular formula is C8H12S. The molecule has 1 heteroatoms. The minimum atomic E-state index is 0.641. The van der Waals surface area contributed by atoms with Crippen molar-refractivity contribution < 1.29 is 0 Å². The molecule has 1 heterocycles. The van der Waals surface area contributed by atoms with Crippen LogP contribution in [0.2, 0.25) is 0 Å². The fourth-order valence-electron chi connectivity index (χ4n) is 1.12. The molecule has 0 N–H and O–H groups in total. The van der Waals surface area contributed by atoms with Gasteiger partial charge in [0.2, 0.25) is 0 Å². The van der Waals surface area contributed by atoms with Crippen molar-refractivity contribution in [3.8, 4) is 0 Å². The van der Waals surface area contributed by atoms with E-state index in [1.165, 1.54) is 12.2 Å². The highest BCUT2D eigenvalue weighted by atomic mass is 32.2. The van der Waals surface area contributed by atoms with E-state index in [4.69, 9.17) is 0 Å². The molecule has 0 aliphatic carbocycles. The molecule has 1 aliphatic rings. The number of thioether (sulfide) groups is 1. The zero-order chi connectivity index (χ0) is 6.69. The molecule has 0 aromatic carbocycles. The van der Waals surface area contributed by atoms with Gasteiger partial charge in [-0.1, -0.05) is 12.2 Å². The maximum Gasteiger partial charge on any atom is 0.0287 e. The Labute approximate surface area is 61.0 Å². The highest BCUT2D eigenvalue weighted by molar-refractivity contribution is 8.00. The van der Waals surface area contributed by atoms with E-state index in [2.05, 4.69) is 13.2 Å². The first-order valence-corrected chi connectivity index (χ1v) is 4.30. The SMILES string of the molecule is C=CC1CCSC1C=C. The molecule has 50 valence electrons. The normalized spacial score (nSPS) is 34.2. The Morgan fingerprint density at radius 2 is 2.11 bits per heavy atom. The Bertz CT molecular complexity index is 104. The molecule has 1 aliphatic heterocycles. The highest BCUT2D eigenvalue weighted by Crippen LogP contribution is 2.33. The Kier molecular flexibility index (Phi) is 2.40. The summed E-state index contributed by atoms with van der Waals surface area (Å²) in [7, 11) is 0. The minimum absolute atomic E-state index is 0.641. The first kappa shape index (κ1) is 6.94. The Morgan fingerprint density at radius 3 is 2.56 bits per heavy atom. The van der Waals surface area contributed by atoms with Crippen molar-refractivity contribution in [3.63, 3.8) is 0 Å². The summed E-state index contributed by atoms with van der Waals surface area (Å²) in [6.07, 6.45) is 5.36. The minimum Gasteiger partial charge on any atom is -0.154 e. The van der Waals surface area contributed by atoms with Gasteiger partial charge in [-0.3, -0.25) is 0 Å². The van der Waals surface area contributed by atoms with Crippen LogP contribution >= 0.6 is 11.8 Å². The highest BCUT2D eigenvalue weighted by Gasteiger charge is 2.21. The monoisotopic (exact) mass is 140 g/mol. The number of rotatable bonds is 2. The predicted molar refractivity (Wildman–Crippen MR) is 44.7 cm³/mol. The van der Waals surface area contributed by atoms with Crippen molar-refractivity contribution in [1.82, 2.24) is 0 Å². The van der Waals surface area contributed by atoms with Crippen LogP contribution in [0.15, 0.2) is 25.3 Å². The van der Waals surface area contributed by atoms with E-state index >= 15 is 0 Å². The van der Waals surface area contributed by atoms with Crippen LogP contribution in [0.4, 0.5) is 0 Å². The summed E-state index contributed by atoms with van der Waals surface area (Å²) in [6.45, 7) is 7.55. The molecule has 0 spiro atoms. The molecule has 0 amide bonds. The van der Waals surface area contributed by atoms with Crippen molar-refractivity contribution in [3.05, 3.63) is 25.3 Å².